The van der Waals surface area contributed by atoms with Crippen LogP contribution in [0.4, 0.5) is 4.39 Å². The molecule has 0 spiro atoms. The molecule has 0 aliphatic heterocycles. The van der Waals surface area contributed by atoms with Gasteiger partial charge in [0.15, 0.2) is 0 Å². The molecule has 2 rings (SSSR count). The van der Waals surface area contributed by atoms with Crippen molar-refractivity contribution in [3.05, 3.63) is 47.5 Å². The average Bonchev–Trinajstić information content (AvgIpc) is 2.83. The number of benzene rings is 1. The molecule has 0 bridgehead atoms. The molecule has 3 N–H and O–H groups in total. The van der Waals surface area contributed by atoms with E-state index in [9.17, 15) is 12.8 Å². The summed E-state index contributed by atoms with van der Waals surface area (Å²) in [5, 5.41) is 3.93. The molecular weight excluding hydrogens is 283 g/mol. The SMILES string of the molecule is Cn1cc(CNS(=O)(=O)c2cc(CN)ccc2F)cn1. The monoisotopic (exact) mass is 298 g/mol. The Labute approximate surface area is 116 Å². The molecule has 2 aromatic rings. The van der Waals surface area contributed by atoms with Gasteiger partial charge in [-0.1, -0.05) is 6.07 Å². The summed E-state index contributed by atoms with van der Waals surface area (Å²) in [6.45, 7) is 0.188. The smallest absolute Gasteiger partial charge is 0.243 e. The van der Waals surface area contributed by atoms with Gasteiger partial charge in [-0.2, -0.15) is 5.10 Å². The van der Waals surface area contributed by atoms with Crippen molar-refractivity contribution in [2.45, 2.75) is 18.0 Å². The number of nitrogens with two attached hydrogens (primary N) is 1. The van der Waals surface area contributed by atoms with Crippen LogP contribution in [-0.2, 0) is 30.2 Å². The molecule has 0 unspecified atom stereocenters. The molecule has 0 saturated heterocycles. The van der Waals surface area contributed by atoms with Crippen molar-refractivity contribution in [2.75, 3.05) is 0 Å². The summed E-state index contributed by atoms with van der Waals surface area (Å²) in [6.07, 6.45) is 3.21. The zero-order valence-corrected chi connectivity index (χ0v) is 11.7. The number of rotatable bonds is 5. The summed E-state index contributed by atoms with van der Waals surface area (Å²) in [5.74, 6) is -0.805. The number of hydrogen-bond acceptors (Lipinski definition) is 4. The lowest BCUT2D eigenvalue weighted by Crippen LogP contribution is -2.24. The Kier molecular flexibility index (Phi) is 4.17. The van der Waals surface area contributed by atoms with Crippen LogP contribution in [-0.4, -0.2) is 18.2 Å². The first-order valence-electron chi connectivity index (χ1n) is 5.88. The fourth-order valence-electron chi connectivity index (χ4n) is 1.70. The van der Waals surface area contributed by atoms with Crippen molar-refractivity contribution in [1.82, 2.24) is 14.5 Å². The molecule has 0 atom stereocenters. The molecule has 1 aromatic carbocycles. The number of sulfonamides is 1. The van der Waals surface area contributed by atoms with Crippen LogP contribution in [0.3, 0.4) is 0 Å². The van der Waals surface area contributed by atoms with Gasteiger partial charge in [-0.15, -0.1) is 0 Å². The Bertz CT molecular complexity index is 712. The minimum Gasteiger partial charge on any atom is -0.326 e. The Morgan fingerprint density at radius 1 is 1.40 bits per heavy atom. The lowest BCUT2D eigenvalue weighted by molar-refractivity contribution is 0.556. The van der Waals surface area contributed by atoms with E-state index in [4.69, 9.17) is 5.73 Å². The highest BCUT2D eigenvalue weighted by molar-refractivity contribution is 7.89. The standard InChI is InChI=1S/C12H15FN4O2S/c1-17-8-10(6-15-17)7-16-20(18,19)12-4-9(5-14)2-3-11(12)13/h2-4,6,8,16H,5,7,14H2,1H3. The highest BCUT2D eigenvalue weighted by atomic mass is 32.2. The molecule has 0 radical (unpaired) electrons. The lowest BCUT2D eigenvalue weighted by atomic mass is 10.2. The van der Waals surface area contributed by atoms with Gasteiger partial charge in [-0.05, 0) is 17.7 Å². The van der Waals surface area contributed by atoms with E-state index < -0.39 is 20.7 Å². The predicted octanol–water partition coefficient (Wildman–Crippen LogP) is 0.496. The van der Waals surface area contributed by atoms with Gasteiger partial charge in [0.05, 0.1) is 6.20 Å². The van der Waals surface area contributed by atoms with Crippen molar-refractivity contribution in [3.8, 4) is 0 Å². The summed E-state index contributed by atoms with van der Waals surface area (Å²) < 4.78 is 41.7. The minimum absolute atomic E-state index is 0.0441. The Balaban J connectivity index is 2.21. The second kappa shape index (κ2) is 5.70. The molecule has 1 heterocycles. The highest BCUT2D eigenvalue weighted by Gasteiger charge is 2.19. The van der Waals surface area contributed by atoms with E-state index in [1.807, 2.05) is 0 Å². The third kappa shape index (κ3) is 3.21. The van der Waals surface area contributed by atoms with Crippen LogP contribution in [0, 0.1) is 5.82 Å². The summed E-state index contributed by atoms with van der Waals surface area (Å²) in [5.41, 5.74) is 6.67. The van der Waals surface area contributed by atoms with E-state index in [-0.39, 0.29) is 13.1 Å². The van der Waals surface area contributed by atoms with Crippen molar-refractivity contribution >= 4 is 10.0 Å². The van der Waals surface area contributed by atoms with Gasteiger partial charge in [-0.3, -0.25) is 4.68 Å². The quantitative estimate of drug-likeness (QED) is 0.841. The van der Waals surface area contributed by atoms with Gasteiger partial charge in [0.1, 0.15) is 10.7 Å². The first-order valence-corrected chi connectivity index (χ1v) is 7.36. The highest BCUT2D eigenvalue weighted by Crippen LogP contribution is 2.16. The third-order valence-electron chi connectivity index (χ3n) is 2.75. The van der Waals surface area contributed by atoms with Crippen molar-refractivity contribution < 1.29 is 12.8 Å². The molecule has 20 heavy (non-hydrogen) atoms. The zero-order chi connectivity index (χ0) is 14.8. The fourth-order valence-corrected chi connectivity index (χ4v) is 2.84. The molecule has 0 saturated carbocycles. The van der Waals surface area contributed by atoms with Gasteiger partial charge in [0.25, 0.3) is 0 Å². The van der Waals surface area contributed by atoms with Gasteiger partial charge in [0, 0.05) is 31.9 Å². The van der Waals surface area contributed by atoms with Crippen LogP contribution in [0.1, 0.15) is 11.1 Å². The Morgan fingerprint density at radius 2 is 2.15 bits per heavy atom. The van der Waals surface area contributed by atoms with E-state index in [1.54, 1.807) is 17.9 Å². The Morgan fingerprint density at radius 3 is 2.75 bits per heavy atom. The second-order valence-electron chi connectivity index (χ2n) is 4.32. The maximum Gasteiger partial charge on any atom is 0.243 e. The number of aromatic nitrogens is 2. The van der Waals surface area contributed by atoms with Crippen LogP contribution in [0.15, 0.2) is 35.5 Å². The summed E-state index contributed by atoms with van der Waals surface area (Å²) in [6, 6.07) is 3.79. The maximum atomic E-state index is 13.7. The summed E-state index contributed by atoms with van der Waals surface area (Å²) in [7, 11) is -2.21. The first-order chi connectivity index (χ1) is 9.42. The first kappa shape index (κ1) is 14.6. The summed E-state index contributed by atoms with van der Waals surface area (Å²) in [4.78, 5) is -0.399. The van der Waals surface area contributed by atoms with E-state index in [2.05, 4.69) is 9.82 Å². The van der Waals surface area contributed by atoms with Gasteiger partial charge in [0.2, 0.25) is 10.0 Å². The van der Waals surface area contributed by atoms with E-state index >= 15 is 0 Å². The molecule has 1 aromatic heterocycles. The molecule has 108 valence electrons. The van der Waals surface area contributed by atoms with Crippen LogP contribution in [0.2, 0.25) is 0 Å². The van der Waals surface area contributed by atoms with Crippen molar-refractivity contribution in [3.63, 3.8) is 0 Å². The van der Waals surface area contributed by atoms with E-state index in [1.165, 1.54) is 18.3 Å². The molecule has 0 fully saturated rings. The molecule has 6 nitrogen and oxygen atoms in total. The lowest BCUT2D eigenvalue weighted by Gasteiger charge is -2.08. The third-order valence-corrected chi connectivity index (χ3v) is 4.16. The van der Waals surface area contributed by atoms with Crippen LogP contribution < -0.4 is 10.5 Å². The molecule has 0 aliphatic rings. The van der Waals surface area contributed by atoms with Crippen molar-refractivity contribution in [1.29, 1.82) is 0 Å². The number of hydrogen-bond donors (Lipinski definition) is 2. The zero-order valence-electron chi connectivity index (χ0n) is 10.9. The number of halogens is 1. The average molecular weight is 298 g/mol. The number of nitrogens with zero attached hydrogens (tertiary/aromatic N) is 2. The predicted molar refractivity (Wildman–Crippen MR) is 71.5 cm³/mol. The maximum absolute atomic E-state index is 13.7. The largest absolute Gasteiger partial charge is 0.326 e. The number of nitrogens with one attached hydrogen (secondary N) is 1. The van der Waals surface area contributed by atoms with Gasteiger partial charge in [-0.25, -0.2) is 17.5 Å². The van der Waals surface area contributed by atoms with Gasteiger partial charge >= 0.3 is 0 Å². The second-order valence-corrected chi connectivity index (χ2v) is 6.05. The van der Waals surface area contributed by atoms with Gasteiger partial charge < -0.3 is 5.73 Å². The van der Waals surface area contributed by atoms with Crippen molar-refractivity contribution in [2.24, 2.45) is 12.8 Å². The fraction of sp³-hybridized carbons (Fsp3) is 0.250. The molecule has 0 aliphatic carbocycles. The summed E-state index contributed by atoms with van der Waals surface area (Å²) >= 11 is 0. The normalized spacial score (nSPS) is 11.8. The van der Waals surface area contributed by atoms with Crippen LogP contribution >= 0.6 is 0 Å². The topological polar surface area (TPSA) is 90.0 Å². The minimum atomic E-state index is -3.93. The van der Waals surface area contributed by atoms with Crippen LogP contribution in [0.25, 0.3) is 0 Å². The van der Waals surface area contributed by atoms with E-state index in [0.29, 0.717) is 11.1 Å². The van der Waals surface area contributed by atoms with Crippen LogP contribution in [0.5, 0.6) is 0 Å². The molecule has 8 heteroatoms. The number of aryl methyl sites for hydroxylation is 1. The molecule has 0 amide bonds. The van der Waals surface area contributed by atoms with E-state index in [0.717, 1.165) is 6.07 Å². The molecular formula is C12H15FN4O2S. The Hall–Kier alpha value is -1.77.